The molecule has 0 spiro atoms. The van der Waals surface area contributed by atoms with Crippen LogP contribution in [-0.4, -0.2) is 39.8 Å². The van der Waals surface area contributed by atoms with Crippen molar-refractivity contribution in [2.24, 2.45) is 0 Å². The van der Waals surface area contributed by atoms with Crippen molar-refractivity contribution in [2.75, 3.05) is 18.1 Å². The van der Waals surface area contributed by atoms with E-state index in [1.54, 1.807) is 17.0 Å². The standard InChI is InChI=1S/C27H26ClN3O3/c1-18-6-2-5-9-25(18)34-17-22(32)16-31-24-8-4-3-7-23(24)29-27(31)19-14-26(33)30(15-19)21-12-10-20(28)11-13-21/h2-13,19,22,32H,14-17H2,1H3/t19-,22+/m1/s1. The third-order valence-electron chi connectivity index (χ3n) is 6.23. The number of aliphatic hydroxyl groups is 1. The molecule has 4 aromatic rings. The summed E-state index contributed by atoms with van der Waals surface area (Å²) >= 11 is 6.02. The lowest BCUT2D eigenvalue weighted by atomic mass is 10.1. The van der Waals surface area contributed by atoms with Crippen LogP contribution in [0.3, 0.4) is 0 Å². The monoisotopic (exact) mass is 475 g/mol. The zero-order valence-electron chi connectivity index (χ0n) is 18.9. The maximum Gasteiger partial charge on any atom is 0.227 e. The van der Waals surface area contributed by atoms with E-state index < -0.39 is 6.10 Å². The number of anilines is 1. The SMILES string of the molecule is Cc1ccccc1OC[C@@H](O)Cn1c([C@@H]2CC(=O)N(c3ccc(Cl)cc3)C2)nc2ccccc21. The third kappa shape index (κ3) is 4.52. The van der Waals surface area contributed by atoms with Gasteiger partial charge in [-0.25, -0.2) is 4.98 Å². The summed E-state index contributed by atoms with van der Waals surface area (Å²) in [6, 6.07) is 22.9. The first-order chi connectivity index (χ1) is 16.5. The molecule has 1 aliphatic heterocycles. The van der Waals surface area contributed by atoms with Gasteiger partial charge in [-0.3, -0.25) is 4.79 Å². The number of aromatic nitrogens is 2. The molecule has 34 heavy (non-hydrogen) atoms. The highest BCUT2D eigenvalue weighted by Gasteiger charge is 2.35. The number of carbonyl (C=O) groups excluding carboxylic acids is 1. The quantitative estimate of drug-likeness (QED) is 0.410. The Bertz CT molecular complexity index is 1320. The molecule has 0 bridgehead atoms. The number of para-hydroxylation sites is 3. The fraction of sp³-hybridized carbons (Fsp3) is 0.259. The van der Waals surface area contributed by atoms with Crippen LogP contribution >= 0.6 is 11.6 Å². The Kier molecular flexibility index (Phi) is 6.26. The molecule has 1 fully saturated rings. The second-order valence-electron chi connectivity index (χ2n) is 8.68. The average molecular weight is 476 g/mol. The normalized spacial score (nSPS) is 16.9. The first kappa shape index (κ1) is 22.4. The highest BCUT2D eigenvalue weighted by atomic mass is 35.5. The van der Waals surface area contributed by atoms with Crippen molar-refractivity contribution in [1.29, 1.82) is 0 Å². The third-order valence-corrected chi connectivity index (χ3v) is 6.48. The van der Waals surface area contributed by atoms with Crippen molar-refractivity contribution in [2.45, 2.75) is 31.9 Å². The maximum atomic E-state index is 12.9. The summed E-state index contributed by atoms with van der Waals surface area (Å²) in [4.78, 5) is 19.5. The summed E-state index contributed by atoms with van der Waals surface area (Å²) in [6.45, 7) is 3.00. The van der Waals surface area contributed by atoms with Gasteiger partial charge in [-0.15, -0.1) is 0 Å². The number of carbonyl (C=O) groups is 1. The van der Waals surface area contributed by atoms with E-state index in [1.165, 1.54) is 0 Å². The van der Waals surface area contributed by atoms with E-state index in [-0.39, 0.29) is 18.4 Å². The number of imidazole rings is 1. The molecular weight excluding hydrogens is 450 g/mol. The Balaban J connectivity index is 1.38. The molecule has 3 aromatic carbocycles. The number of halogens is 1. The van der Waals surface area contributed by atoms with Crippen molar-refractivity contribution in [1.82, 2.24) is 9.55 Å². The van der Waals surface area contributed by atoms with E-state index in [4.69, 9.17) is 21.3 Å². The fourth-order valence-electron chi connectivity index (χ4n) is 4.52. The van der Waals surface area contributed by atoms with Crippen molar-refractivity contribution >= 4 is 34.2 Å². The van der Waals surface area contributed by atoms with Gasteiger partial charge in [0.2, 0.25) is 5.91 Å². The van der Waals surface area contributed by atoms with Crippen molar-refractivity contribution in [3.05, 3.63) is 89.2 Å². The van der Waals surface area contributed by atoms with Gasteiger partial charge in [0.25, 0.3) is 0 Å². The molecule has 5 rings (SSSR count). The van der Waals surface area contributed by atoms with Crippen LogP contribution in [0.5, 0.6) is 5.75 Å². The van der Waals surface area contributed by atoms with Crippen molar-refractivity contribution in [3.8, 4) is 5.75 Å². The Hall–Kier alpha value is -3.35. The van der Waals surface area contributed by atoms with Crippen LogP contribution in [0.1, 0.15) is 23.7 Å². The zero-order valence-corrected chi connectivity index (χ0v) is 19.7. The van der Waals surface area contributed by atoms with Gasteiger partial charge in [-0.1, -0.05) is 41.9 Å². The van der Waals surface area contributed by atoms with Crippen LogP contribution in [0.25, 0.3) is 11.0 Å². The molecule has 174 valence electrons. The first-order valence-electron chi connectivity index (χ1n) is 11.4. The molecule has 2 heterocycles. The summed E-state index contributed by atoms with van der Waals surface area (Å²) in [6.07, 6.45) is -0.373. The number of ether oxygens (including phenoxy) is 1. The largest absolute Gasteiger partial charge is 0.491 e. The van der Waals surface area contributed by atoms with Crippen LogP contribution in [0, 0.1) is 6.92 Å². The predicted octanol–water partition coefficient (Wildman–Crippen LogP) is 4.96. The Morgan fingerprint density at radius 3 is 2.62 bits per heavy atom. The molecular formula is C27H26ClN3O3. The van der Waals surface area contributed by atoms with Gasteiger partial charge in [0.05, 0.1) is 17.6 Å². The molecule has 1 aliphatic rings. The average Bonchev–Trinajstić information content (AvgIpc) is 3.40. The maximum absolute atomic E-state index is 12.9. The molecule has 0 aliphatic carbocycles. The fourth-order valence-corrected chi connectivity index (χ4v) is 4.64. The summed E-state index contributed by atoms with van der Waals surface area (Å²) in [5, 5.41) is 11.5. The summed E-state index contributed by atoms with van der Waals surface area (Å²) in [5.41, 5.74) is 3.63. The van der Waals surface area contributed by atoms with Crippen LogP contribution in [0.15, 0.2) is 72.8 Å². The second kappa shape index (κ2) is 9.49. The van der Waals surface area contributed by atoms with E-state index in [0.29, 0.717) is 24.5 Å². The molecule has 6 nitrogen and oxygen atoms in total. The summed E-state index contributed by atoms with van der Waals surface area (Å²) in [7, 11) is 0. The number of hydrogen-bond acceptors (Lipinski definition) is 4. The molecule has 7 heteroatoms. The predicted molar refractivity (Wildman–Crippen MR) is 134 cm³/mol. The first-order valence-corrected chi connectivity index (χ1v) is 11.7. The zero-order chi connectivity index (χ0) is 23.7. The number of aliphatic hydroxyl groups excluding tert-OH is 1. The van der Waals surface area contributed by atoms with Gasteiger partial charge in [0, 0.05) is 29.6 Å². The Labute approximate surface area is 203 Å². The van der Waals surface area contributed by atoms with Gasteiger partial charge in [0.1, 0.15) is 24.3 Å². The summed E-state index contributed by atoms with van der Waals surface area (Å²) in [5.74, 6) is 1.53. The molecule has 2 atom stereocenters. The molecule has 1 saturated heterocycles. The van der Waals surface area contributed by atoms with Gasteiger partial charge in [-0.2, -0.15) is 0 Å². The van der Waals surface area contributed by atoms with Crippen LogP contribution < -0.4 is 9.64 Å². The van der Waals surface area contributed by atoms with Gasteiger partial charge in [-0.05, 0) is 55.0 Å². The minimum atomic E-state index is -0.736. The number of fused-ring (bicyclic) bond motifs is 1. The lowest BCUT2D eigenvalue weighted by molar-refractivity contribution is -0.117. The number of nitrogens with zero attached hydrogens (tertiary/aromatic N) is 3. The molecule has 0 radical (unpaired) electrons. The molecule has 1 N–H and O–H groups in total. The van der Waals surface area contributed by atoms with Crippen molar-refractivity contribution < 1.29 is 14.6 Å². The lowest BCUT2D eigenvalue weighted by Crippen LogP contribution is -2.26. The van der Waals surface area contributed by atoms with Gasteiger partial charge in [0.15, 0.2) is 0 Å². The second-order valence-corrected chi connectivity index (χ2v) is 9.12. The highest BCUT2D eigenvalue weighted by molar-refractivity contribution is 6.30. The van der Waals surface area contributed by atoms with Crippen molar-refractivity contribution in [3.63, 3.8) is 0 Å². The number of rotatable bonds is 7. The van der Waals surface area contributed by atoms with E-state index >= 15 is 0 Å². The smallest absolute Gasteiger partial charge is 0.227 e. The minimum absolute atomic E-state index is 0.0503. The van der Waals surface area contributed by atoms with E-state index in [0.717, 1.165) is 33.9 Å². The van der Waals surface area contributed by atoms with Crippen LogP contribution in [0.4, 0.5) is 5.69 Å². The molecule has 0 saturated carbocycles. The lowest BCUT2D eigenvalue weighted by Gasteiger charge is -2.19. The minimum Gasteiger partial charge on any atom is -0.491 e. The molecule has 1 amide bonds. The number of hydrogen-bond donors (Lipinski definition) is 1. The van der Waals surface area contributed by atoms with Crippen LogP contribution in [-0.2, 0) is 11.3 Å². The molecule has 0 unspecified atom stereocenters. The number of benzene rings is 3. The molecule has 1 aromatic heterocycles. The van der Waals surface area contributed by atoms with Gasteiger partial charge < -0.3 is 19.3 Å². The van der Waals surface area contributed by atoms with E-state index in [2.05, 4.69) is 0 Å². The number of amides is 1. The Morgan fingerprint density at radius 2 is 1.82 bits per heavy atom. The summed E-state index contributed by atoms with van der Waals surface area (Å²) < 4.78 is 7.90. The van der Waals surface area contributed by atoms with E-state index in [9.17, 15) is 9.90 Å². The highest BCUT2D eigenvalue weighted by Crippen LogP contribution is 2.33. The topological polar surface area (TPSA) is 67.6 Å². The van der Waals surface area contributed by atoms with Crippen LogP contribution in [0.2, 0.25) is 5.02 Å². The Morgan fingerprint density at radius 1 is 1.09 bits per heavy atom. The van der Waals surface area contributed by atoms with E-state index in [1.807, 2.05) is 72.2 Å². The van der Waals surface area contributed by atoms with Gasteiger partial charge >= 0.3 is 0 Å². The number of aryl methyl sites for hydroxylation is 1.